The molecule has 2 aromatic rings. The third-order valence-electron chi connectivity index (χ3n) is 6.43. The summed E-state index contributed by atoms with van der Waals surface area (Å²) in [5, 5.41) is 0.357. The lowest BCUT2D eigenvalue weighted by atomic mass is 10.1. The molecule has 0 aliphatic carbocycles. The predicted octanol–water partition coefficient (Wildman–Crippen LogP) is 2.01. The maximum Gasteiger partial charge on any atom is 0.332 e. The lowest BCUT2D eigenvalue weighted by molar-refractivity contribution is -0.122. The second-order valence-corrected chi connectivity index (χ2v) is 13.1. The SMILES string of the molecule is NC(=O)[C@H]1CN(S(=O)(=O)NC(=O)N2CCCCC2)CCN1S(=O)(=O)c1cc(F)c(Oc2ccc(Cl)cc2)c(F)c1. The van der Waals surface area contributed by atoms with Crippen LogP contribution in [0.4, 0.5) is 13.6 Å². The summed E-state index contributed by atoms with van der Waals surface area (Å²) in [6, 6.07) is 4.03. The molecule has 0 saturated carbocycles. The van der Waals surface area contributed by atoms with Crippen molar-refractivity contribution in [2.45, 2.75) is 30.2 Å². The molecule has 218 valence electrons. The first-order valence-electron chi connectivity index (χ1n) is 12.1. The molecule has 2 saturated heterocycles. The first-order chi connectivity index (χ1) is 18.8. The summed E-state index contributed by atoms with van der Waals surface area (Å²) in [4.78, 5) is 25.2. The van der Waals surface area contributed by atoms with Crippen LogP contribution < -0.4 is 15.2 Å². The molecule has 12 nitrogen and oxygen atoms in total. The average molecular weight is 622 g/mol. The van der Waals surface area contributed by atoms with Crippen LogP contribution in [0, 0.1) is 11.6 Å². The van der Waals surface area contributed by atoms with Gasteiger partial charge >= 0.3 is 16.2 Å². The van der Waals surface area contributed by atoms with Gasteiger partial charge in [0.05, 0.1) is 4.90 Å². The van der Waals surface area contributed by atoms with Gasteiger partial charge in [0, 0.05) is 37.7 Å². The maximum atomic E-state index is 14.8. The number of nitrogens with one attached hydrogen (secondary N) is 1. The maximum absolute atomic E-state index is 14.8. The number of primary amides is 1. The van der Waals surface area contributed by atoms with E-state index in [0.29, 0.717) is 34.6 Å². The summed E-state index contributed by atoms with van der Waals surface area (Å²) >= 11 is 5.78. The zero-order valence-corrected chi connectivity index (χ0v) is 23.3. The molecule has 0 unspecified atom stereocenters. The minimum Gasteiger partial charge on any atom is -0.451 e. The topological polar surface area (TPSA) is 159 Å². The summed E-state index contributed by atoms with van der Waals surface area (Å²) in [6.45, 7) is -1.00. The molecule has 2 aromatic carbocycles. The van der Waals surface area contributed by atoms with Crippen molar-refractivity contribution in [1.82, 2.24) is 18.2 Å². The third kappa shape index (κ3) is 6.46. The van der Waals surface area contributed by atoms with Crippen LogP contribution in [0.25, 0.3) is 0 Å². The van der Waals surface area contributed by atoms with Gasteiger partial charge in [-0.1, -0.05) is 11.6 Å². The molecule has 0 aromatic heterocycles. The normalized spacial score (nSPS) is 19.3. The Morgan fingerprint density at radius 3 is 2.12 bits per heavy atom. The number of hydrogen-bond donors (Lipinski definition) is 2. The number of carbonyl (C=O) groups excluding carboxylic acids is 2. The Hall–Kier alpha value is -3.05. The Labute approximate surface area is 234 Å². The van der Waals surface area contributed by atoms with Crippen LogP contribution in [-0.4, -0.2) is 81.0 Å². The van der Waals surface area contributed by atoms with Gasteiger partial charge in [0.2, 0.25) is 15.9 Å². The molecule has 17 heteroatoms. The van der Waals surface area contributed by atoms with Gasteiger partial charge in [-0.2, -0.15) is 17.0 Å². The van der Waals surface area contributed by atoms with E-state index in [1.165, 1.54) is 29.2 Å². The van der Waals surface area contributed by atoms with E-state index in [4.69, 9.17) is 22.1 Å². The van der Waals surface area contributed by atoms with E-state index in [2.05, 4.69) is 0 Å². The van der Waals surface area contributed by atoms with Gasteiger partial charge < -0.3 is 15.4 Å². The summed E-state index contributed by atoms with van der Waals surface area (Å²) in [7, 11) is -9.21. The first kappa shape index (κ1) is 29.9. The third-order valence-corrected chi connectivity index (χ3v) is 10.0. The fourth-order valence-electron chi connectivity index (χ4n) is 4.35. The molecule has 4 rings (SSSR count). The standard InChI is InChI=1S/C23H26ClF2N5O7S2/c24-15-4-6-16(7-5-15)38-21-18(25)12-17(13-19(21)26)39(34,35)31-11-10-30(14-20(31)22(27)32)40(36,37)28-23(33)29-8-2-1-3-9-29/h4-7,12-13,20H,1-3,8-11,14H2,(H2,27,32)(H,28,33)/t20-/m1/s1. The van der Waals surface area contributed by atoms with Crippen molar-refractivity contribution < 1.29 is 39.9 Å². The van der Waals surface area contributed by atoms with Crippen molar-refractivity contribution in [2.75, 3.05) is 32.7 Å². The number of piperidine rings is 1. The molecule has 2 aliphatic rings. The fraction of sp³-hybridized carbons (Fsp3) is 0.391. The molecule has 2 aliphatic heterocycles. The average Bonchev–Trinajstić information content (AvgIpc) is 2.91. The summed E-state index contributed by atoms with van der Waals surface area (Å²) < 4.78 is 90.5. The highest BCUT2D eigenvalue weighted by atomic mass is 35.5. The van der Waals surface area contributed by atoms with Gasteiger partial charge in [-0.15, -0.1) is 0 Å². The second kappa shape index (κ2) is 11.8. The Kier molecular flexibility index (Phi) is 8.84. The molecule has 3 N–H and O–H groups in total. The molecule has 2 heterocycles. The number of hydrogen-bond acceptors (Lipinski definition) is 7. The summed E-state index contributed by atoms with van der Waals surface area (Å²) in [5.41, 5.74) is 5.40. The highest BCUT2D eigenvalue weighted by Gasteiger charge is 2.43. The van der Waals surface area contributed by atoms with Crippen molar-refractivity contribution in [3.63, 3.8) is 0 Å². The Morgan fingerprint density at radius 1 is 0.950 bits per heavy atom. The molecule has 2 fully saturated rings. The summed E-state index contributed by atoms with van der Waals surface area (Å²) in [5.74, 6) is -4.71. The number of amides is 3. The van der Waals surface area contributed by atoms with E-state index in [1.807, 2.05) is 4.72 Å². The molecule has 0 bridgehead atoms. The first-order valence-corrected chi connectivity index (χ1v) is 15.4. The molecule has 40 heavy (non-hydrogen) atoms. The quantitative estimate of drug-likeness (QED) is 0.478. The van der Waals surface area contributed by atoms with Gasteiger partial charge in [0.25, 0.3) is 0 Å². The minimum absolute atomic E-state index is 0.0382. The number of piperazine rings is 1. The molecule has 0 radical (unpaired) electrons. The fourth-order valence-corrected chi connectivity index (χ4v) is 7.22. The smallest absolute Gasteiger partial charge is 0.332 e. The van der Waals surface area contributed by atoms with E-state index < -0.39 is 80.1 Å². The zero-order chi connectivity index (χ0) is 29.2. The highest BCUT2D eigenvalue weighted by Crippen LogP contribution is 2.32. The van der Waals surface area contributed by atoms with Crippen molar-refractivity contribution in [3.8, 4) is 11.5 Å². The van der Waals surface area contributed by atoms with Crippen LogP contribution in [0.15, 0.2) is 41.3 Å². The number of sulfonamides is 1. The van der Waals surface area contributed by atoms with Crippen LogP contribution in [0.2, 0.25) is 5.02 Å². The molecular formula is C23H26ClF2N5O7S2. The molecule has 3 amide bonds. The van der Waals surface area contributed by atoms with Crippen molar-refractivity contribution >= 4 is 43.8 Å². The van der Waals surface area contributed by atoms with Crippen LogP contribution in [0.5, 0.6) is 11.5 Å². The van der Waals surface area contributed by atoms with Gasteiger partial charge in [0.1, 0.15) is 11.8 Å². The van der Waals surface area contributed by atoms with E-state index in [9.17, 15) is 35.2 Å². The number of ether oxygens (including phenoxy) is 1. The monoisotopic (exact) mass is 621 g/mol. The zero-order valence-electron chi connectivity index (χ0n) is 20.9. The summed E-state index contributed by atoms with van der Waals surface area (Å²) in [6.07, 6.45) is 2.37. The van der Waals surface area contributed by atoms with Gasteiger partial charge in [-0.3, -0.25) is 4.79 Å². The number of rotatable bonds is 7. The Bertz CT molecular complexity index is 1480. The van der Waals surface area contributed by atoms with E-state index >= 15 is 0 Å². The van der Waals surface area contributed by atoms with Gasteiger partial charge in [-0.05, 0) is 55.7 Å². The van der Waals surface area contributed by atoms with Crippen LogP contribution in [0.1, 0.15) is 19.3 Å². The number of nitrogens with two attached hydrogens (primary N) is 1. The number of likely N-dealkylation sites (tertiary alicyclic amines) is 1. The minimum atomic E-state index is -4.74. The molecular weight excluding hydrogens is 596 g/mol. The van der Waals surface area contributed by atoms with E-state index in [1.54, 1.807) is 0 Å². The number of urea groups is 1. The molecule has 0 spiro atoms. The Morgan fingerprint density at radius 2 is 1.55 bits per heavy atom. The van der Waals surface area contributed by atoms with Crippen molar-refractivity contribution in [3.05, 3.63) is 53.1 Å². The number of carbonyl (C=O) groups is 2. The van der Waals surface area contributed by atoms with E-state index in [-0.39, 0.29) is 5.75 Å². The van der Waals surface area contributed by atoms with Crippen molar-refractivity contribution in [1.29, 1.82) is 0 Å². The number of halogens is 3. The highest BCUT2D eigenvalue weighted by molar-refractivity contribution is 7.89. The second-order valence-electron chi connectivity index (χ2n) is 9.12. The predicted molar refractivity (Wildman–Crippen MR) is 139 cm³/mol. The molecule has 1 atom stereocenters. The number of benzene rings is 2. The van der Waals surface area contributed by atoms with Gasteiger partial charge in [0.15, 0.2) is 17.4 Å². The van der Waals surface area contributed by atoms with Crippen molar-refractivity contribution in [2.24, 2.45) is 5.73 Å². The van der Waals surface area contributed by atoms with E-state index in [0.717, 1.165) is 23.6 Å². The lowest BCUT2D eigenvalue weighted by Gasteiger charge is -2.38. The number of nitrogens with zero attached hydrogens (tertiary/aromatic N) is 3. The Balaban J connectivity index is 1.53. The van der Waals surface area contributed by atoms with Crippen LogP contribution in [-0.2, 0) is 25.0 Å². The van der Waals surface area contributed by atoms with Gasteiger partial charge in [-0.25, -0.2) is 26.7 Å². The van der Waals surface area contributed by atoms with Crippen LogP contribution >= 0.6 is 11.6 Å². The van der Waals surface area contributed by atoms with Crippen LogP contribution in [0.3, 0.4) is 0 Å². The lowest BCUT2D eigenvalue weighted by Crippen LogP contribution is -2.62. The largest absolute Gasteiger partial charge is 0.451 e.